The Hall–Kier alpha value is -2.53. The third-order valence-electron chi connectivity index (χ3n) is 4.03. The summed E-state index contributed by atoms with van der Waals surface area (Å²) in [6.07, 6.45) is 4.22. The van der Waals surface area contributed by atoms with Crippen LogP contribution in [0.4, 0.5) is 5.69 Å². The number of para-hydroxylation sites is 1. The summed E-state index contributed by atoms with van der Waals surface area (Å²) in [7, 11) is 0. The molecule has 0 radical (unpaired) electrons. The number of pyridine rings is 1. The normalized spacial score (nSPS) is 14.4. The van der Waals surface area contributed by atoms with Gasteiger partial charge in [0.05, 0.1) is 16.7 Å². The van der Waals surface area contributed by atoms with Gasteiger partial charge in [-0.3, -0.25) is 0 Å². The molecular formula is C18H21N3O2. The standard InChI is InChI=1S/C13H10N2O2.C5H11N/c14-13-7-3-1-2-4-9(7)15-10-6-12(17)11(16)5-8(10)13;1-2-4-6-5-3-1/h1-6,16-17H,(H2,14,15);6H,1-5H2. The maximum Gasteiger partial charge on any atom is 0.159 e. The SMILES string of the molecule is C1CCNCC1.Nc1c2ccccc2nc2cc(O)c(O)cc12. The van der Waals surface area contributed by atoms with Crippen LogP contribution in [0.2, 0.25) is 0 Å². The van der Waals surface area contributed by atoms with Crippen molar-refractivity contribution in [2.75, 3.05) is 18.8 Å². The van der Waals surface area contributed by atoms with Crippen LogP contribution < -0.4 is 11.1 Å². The highest BCUT2D eigenvalue weighted by molar-refractivity contribution is 6.07. The van der Waals surface area contributed by atoms with Gasteiger partial charge < -0.3 is 21.3 Å². The Kier molecular flexibility index (Phi) is 4.48. The number of benzene rings is 2. The zero-order valence-corrected chi connectivity index (χ0v) is 12.9. The number of rotatable bonds is 0. The predicted molar refractivity (Wildman–Crippen MR) is 93.7 cm³/mol. The molecule has 0 aliphatic carbocycles. The quantitative estimate of drug-likeness (QED) is 0.378. The molecule has 3 aromatic rings. The summed E-state index contributed by atoms with van der Waals surface area (Å²) >= 11 is 0. The van der Waals surface area contributed by atoms with Gasteiger partial charge in [-0.25, -0.2) is 4.98 Å². The molecule has 0 amide bonds. The summed E-state index contributed by atoms with van der Waals surface area (Å²) in [4.78, 5) is 4.39. The first-order valence-corrected chi connectivity index (χ1v) is 7.87. The first-order chi connectivity index (χ1) is 11.2. The Balaban J connectivity index is 0.000000220. The van der Waals surface area contributed by atoms with Gasteiger partial charge in [0.15, 0.2) is 11.5 Å². The van der Waals surface area contributed by atoms with Gasteiger partial charge in [-0.15, -0.1) is 0 Å². The van der Waals surface area contributed by atoms with E-state index in [2.05, 4.69) is 10.3 Å². The molecule has 5 nitrogen and oxygen atoms in total. The van der Waals surface area contributed by atoms with E-state index in [4.69, 9.17) is 5.73 Å². The summed E-state index contributed by atoms with van der Waals surface area (Å²) in [6, 6.07) is 10.3. The Morgan fingerprint density at radius 2 is 1.57 bits per heavy atom. The molecule has 120 valence electrons. The van der Waals surface area contributed by atoms with E-state index in [1.165, 1.54) is 44.5 Å². The van der Waals surface area contributed by atoms with Gasteiger partial charge in [-0.1, -0.05) is 24.6 Å². The Morgan fingerprint density at radius 1 is 0.870 bits per heavy atom. The van der Waals surface area contributed by atoms with E-state index in [0.29, 0.717) is 16.6 Å². The zero-order chi connectivity index (χ0) is 16.2. The number of nitrogen functional groups attached to an aromatic ring is 1. The fourth-order valence-corrected chi connectivity index (χ4v) is 2.75. The van der Waals surface area contributed by atoms with Crippen molar-refractivity contribution in [1.29, 1.82) is 0 Å². The molecule has 0 spiro atoms. The van der Waals surface area contributed by atoms with Gasteiger partial charge in [0.1, 0.15) is 0 Å². The zero-order valence-electron chi connectivity index (χ0n) is 12.9. The second kappa shape index (κ2) is 6.71. The molecule has 0 unspecified atom stereocenters. The minimum absolute atomic E-state index is 0.193. The predicted octanol–water partition coefficient (Wildman–Crippen LogP) is 3.14. The van der Waals surface area contributed by atoms with Crippen LogP contribution >= 0.6 is 0 Å². The summed E-state index contributed by atoms with van der Waals surface area (Å²) < 4.78 is 0. The summed E-state index contributed by atoms with van der Waals surface area (Å²) in [6.45, 7) is 2.50. The largest absolute Gasteiger partial charge is 0.504 e. The topological polar surface area (TPSA) is 91.4 Å². The second-order valence-corrected chi connectivity index (χ2v) is 5.71. The minimum atomic E-state index is -0.195. The lowest BCUT2D eigenvalue weighted by molar-refractivity contribution is 0.405. The maximum absolute atomic E-state index is 9.48. The molecule has 4 rings (SSSR count). The molecule has 0 saturated carbocycles. The van der Waals surface area contributed by atoms with Crippen molar-refractivity contribution in [3.63, 3.8) is 0 Å². The monoisotopic (exact) mass is 311 g/mol. The highest BCUT2D eigenvalue weighted by atomic mass is 16.3. The van der Waals surface area contributed by atoms with Crippen molar-refractivity contribution >= 4 is 27.5 Å². The molecule has 2 heterocycles. The van der Waals surface area contributed by atoms with Crippen LogP contribution in [-0.4, -0.2) is 28.3 Å². The van der Waals surface area contributed by atoms with Crippen LogP contribution in [0, 0.1) is 0 Å². The summed E-state index contributed by atoms with van der Waals surface area (Å²) in [5, 5.41) is 23.7. The number of phenols is 2. The highest BCUT2D eigenvalue weighted by Crippen LogP contribution is 2.35. The Morgan fingerprint density at radius 3 is 2.22 bits per heavy atom. The second-order valence-electron chi connectivity index (χ2n) is 5.71. The lowest BCUT2D eigenvalue weighted by Gasteiger charge is -2.08. The van der Waals surface area contributed by atoms with E-state index in [9.17, 15) is 10.2 Å². The number of nitrogens with two attached hydrogens (primary N) is 1. The maximum atomic E-state index is 9.48. The first kappa shape index (κ1) is 15.4. The number of nitrogens with one attached hydrogen (secondary N) is 1. The van der Waals surface area contributed by atoms with Crippen LogP contribution in [-0.2, 0) is 0 Å². The number of hydrogen-bond donors (Lipinski definition) is 4. The smallest absolute Gasteiger partial charge is 0.159 e. The minimum Gasteiger partial charge on any atom is -0.504 e. The molecule has 1 saturated heterocycles. The van der Waals surface area contributed by atoms with E-state index in [0.717, 1.165) is 10.9 Å². The van der Waals surface area contributed by atoms with Gasteiger partial charge in [0, 0.05) is 16.8 Å². The lowest BCUT2D eigenvalue weighted by atomic mass is 10.1. The summed E-state index contributed by atoms with van der Waals surface area (Å²) in [5.74, 6) is -0.388. The number of nitrogens with zero attached hydrogens (tertiary/aromatic N) is 1. The molecule has 5 N–H and O–H groups in total. The lowest BCUT2D eigenvalue weighted by Crippen LogP contribution is -2.21. The van der Waals surface area contributed by atoms with Crippen LogP contribution in [0.5, 0.6) is 11.5 Å². The average Bonchev–Trinajstić information content (AvgIpc) is 2.59. The molecule has 23 heavy (non-hydrogen) atoms. The number of fused-ring (bicyclic) bond motifs is 2. The fraction of sp³-hybridized carbons (Fsp3) is 0.278. The van der Waals surface area contributed by atoms with Gasteiger partial charge in [0.2, 0.25) is 0 Å². The molecule has 5 heteroatoms. The number of anilines is 1. The van der Waals surface area contributed by atoms with Gasteiger partial charge in [-0.2, -0.15) is 0 Å². The van der Waals surface area contributed by atoms with E-state index in [-0.39, 0.29) is 11.5 Å². The van der Waals surface area contributed by atoms with Crippen molar-refractivity contribution in [1.82, 2.24) is 10.3 Å². The molecule has 1 aromatic heterocycles. The number of aromatic nitrogens is 1. The first-order valence-electron chi connectivity index (χ1n) is 7.87. The van der Waals surface area contributed by atoms with Crippen molar-refractivity contribution < 1.29 is 10.2 Å². The number of phenolic OH excluding ortho intramolecular Hbond substituents is 2. The third-order valence-corrected chi connectivity index (χ3v) is 4.03. The summed E-state index contributed by atoms with van der Waals surface area (Å²) in [5.41, 5.74) is 7.93. The number of hydrogen-bond acceptors (Lipinski definition) is 5. The highest BCUT2D eigenvalue weighted by Gasteiger charge is 2.09. The van der Waals surface area contributed by atoms with E-state index >= 15 is 0 Å². The van der Waals surface area contributed by atoms with Crippen LogP contribution in [0.25, 0.3) is 21.8 Å². The van der Waals surface area contributed by atoms with Gasteiger partial charge >= 0.3 is 0 Å². The number of aromatic hydroxyl groups is 2. The van der Waals surface area contributed by atoms with Gasteiger partial charge in [0.25, 0.3) is 0 Å². The molecule has 1 aliphatic heterocycles. The Labute approximate surface area is 134 Å². The van der Waals surface area contributed by atoms with E-state index in [1.807, 2.05) is 24.3 Å². The molecular weight excluding hydrogens is 290 g/mol. The van der Waals surface area contributed by atoms with Crippen LogP contribution in [0.15, 0.2) is 36.4 Å². The van der Waals surface area contributed by atoms with E-state index in [1.54, 1.807) is 0 Å². The van der Waals surface area contributed by atoms with E-state index < -0.39 is 0 Å². The molecule has 1 fully saturated rings. The van der Waals surface area contributed by atoms with Crippen LogP contribution in [0.3, 0.4) is 0 Å². The van der Waals surface area contributed by atoms with Gasteiger partial charge in [-0.05, 0) is 38.1 Å². The van der Waals surface area contributed by atoms with Crippen molar-refractivity contribution in [2.24, 2.45) is 0 Å². The Bertz CT molecular complexity index is 818. The van der Waals surface area contributed by atoms with Crippen molar-refractivity contribution in [3.05, 3.63) is 36.4 Å². The fourth-order valence-electron chi connectivity index (χ4n) is 2.75. The third kappa shape index (κ3) is 3.29. The average molecular weight is 311 g/mol. The molecule has 1 aliphatic rings. The molecule has 0 bridgehead atoms. The van der Waals surface area contributed by atoms with Crippen molar-refractivity contribution in [2.45, 2.75) is 19.3 Å². The molecule has 2 aromatic carbocycles. The van der Waals surface area contributed by atoms with Crippen LogP contribution in [0.1, 0.15) is 19.3 Å². The van der Waals surface area contributed by atoms with Crippen molar-refractivity contribution in [3.8, 4) is 11.5 Å². The molecule has 0 atom stereocenters. The number of piperidine rings is 1.